The molecular formula is C16H23FeN5S. The van der Waals surface area contributed by atoms with Crippen molar-refractivity contribution in [3.05, 3.63) is 28.9 Å². The minimum absolute atomic E-state index is 0. The molecule has 23 heavy (non-hydrogen) atoms. The predicted octanol–water partition coefficient (Wildman–Crippen LogP) is 2.37. The Hall–Kier alpha value is -0.881. The van der Waals surface area contributed by atoms with E-state index >= 15 is 0 Å². The van der Waals surface area contributed by atoms with Crippen LogP contribution in [0.25, 0.3) is 5.43 Å². The van der Waals surface area contributed by atoms with Crippen LogP contribution in [0, 0.1) is 18.8 Å². The molecule has 3 fully saturated rings. The third kappa shape index (κ3) is 4.80. The molecule has 1 saturated carbocycles. The average Bonchev–Trinajstić information content (AvgIpc) is 2.86. The Labute approximate surface area is 153 Å². The van der Waals surface area contributed by atoms with Crippen LogP contribution in [0.1, 0.15) is 44.0 Å². The molecule has 126 valence electrons. The molecule has 3 heterocycles. The zero-order valence-corrected chi connectivity index (χ0v) is 15.6. The summed E-state index contributed by atoms with van der Waals surface area (Å²) >= 11 is 4.57. The van der Waals surface area contributed by atoms with Gasteiger partial charge in [-0.15, -0.1) is 5.10 Å². The topological polar surface area (TPSA) is 55.5 Å². The molecule has 2 aliphatic heterocycles. The summed E-state index contributed by atoms with van der Waals surface area (Å²) in [5.41, 5.74) is 6.73. The summed E-state index contributed by atoms with van der Waals surface area (Å²) in [6.45, 7) is 5.95. The molecule has 1 aromatic heterocycles. The molecular weight excluding hydrogens is 350 g/mol. The van der Waals surface area contributed by atoms with Gasteiger partial charge < -0.3 is 10.5 Å². The number of fused-ring (bicyclic) bond motifs is 4. The van der Waals surface area contributed by atoms with Gasteiger partial charge in [-0.2, -0.15) is 5.10 Å². The van der Waals surface area contributed by atoms with E-state index in [1.165, 1.54) is 25.7 Å². The second kappa shape index (κ2) is 8.29. The van der Waals surface area contributed by atoms with Crippen molar-refractivity contribution in [3.63, 3.8) is 0 Å². The van der Waals surface area contributed by atoms with Crippen LogP contribution in [-0.2, 0) is 29.3 Å². The minimum atomic E-state index is 0. The van der Waals surface area contributed by atoms with Gasteiger partial charge in [-0.1, -0.05) is 0 Å². The molecule has 0 amide bonds. The van der Waals surface area contributed by atoms with E-state index in [4.69, 9.17) is 0 Å². The quantitative estimate of drug-likeness (QED) is 0.200. The molecule has 2 bridgehead atoms. The summed E-state index contributed by atoms with van der Waals surface area (Å²) in [5.74, 6) is 1.59. The van der Waals surface area contributed by atoms with Crippen LogP contribution < -0.4 is 0 Å². The normalized spacial score (nSPS) is 24.7. The largest absolute Gasteiger partial charge is 0.515 e. The summed E-state index contributed by atoms with van der Waals surface area (Å²) in [4.78, 5) is 2.29. The van der Waals surface area contributed by atoms with Gasteiger partial charge in [0.15, 0.2) is 17.3 Å². The average molecular weight is 373 g/mol. The summed E-state index contributed by atoms with van der Waals surface area (Å²) in [6.07, 6.45) is 5.40. The van der Waals surface area contributed by atoms with Crippen LogP contribution in [0.4, 0.5) is 0 Å². The van der Waals surface area contributed by atoms with Crippen LogP contribution in [-0.4, -0.2) is 39.0 Å². The van der Waals surface area contributed by atoms with Crippen LogP contribution in [0.3, 0.4) is 0 Å². The summed E-state index contributed by atoms with van der Waals surface area (Å²) < 4.78 is 0. The van der Waals surface area contributed by atoms with E-state index in [1.807, 2.05) is 26.0 Å². The SMILES string of the molecule is CC(=N[N-]C(=[SH+])N1CC2CCC(CC2)C1)c1ccc(C)nn1.[Fe]. The van der Waals surface area contributed by atoms with Gasteiger partial charge in [0.2, 0.25) is 0 Å². The standard InChI is InChI=1S/C16H23N5S.Fe/c1-11-3-8-15(19-17-11)12(2)18-20-16(22)21-9-13-4-5-14(10-21)7-6-13;/h3,8,13-14H,4-7,9-10H2,1-2H3,(H,19,20,22);. The number of hydrogen-bond acceptors (Lipinski definition) is 3. The monoisotopic (exact) mass is 373 g/mol. The summed E-state index contributed by atoms with van der Waals surface area (Å²) in [5, 5.41) is 13.2. The predicted molar refractivity (Wildman–Crippen MR) is 93.1 cm³/mol. The van der Waals surface area contributed by atoms with E-state index in [2.05, 4.69) is 37.8 Å². The molecule has 7 heteroatoms. The smallest absolute Gasteiger partial charge is 0.189 e. The molecule has 0 aromatic carbocycles. The van der Waals surface area contributed by atoms with Crippen LogP contribution >= 0.6 is 0 Å². The zero-order valence-electron chi connectivity index (χ0n) is 13.6. The number of thiol groups is 1. The number of nitrogens with zero attached hydrogens (tertiary/aromatic N) is 5. The summed E-state index contributed by atoms with van der Waals surface area (Å²) in [7, 11) is 0. The maximum atomic E-state index is 4.57. The van der Waals surface area contributed by atoms with E-state index < -0.39 is 0 Å². The van der Waals surface area contributed by atoms with Crippen molar-refractivity contribution in [3.8, 4) is 0 Å². The maximum Gasteiger partial charge on any atom is 0.189 e. The molecule has 4 rings (SSSR count). The molecule has 2 saturated heterocycles. The van der Waals surface area contributed by atoms with Gasteiger partial charge in [-0.05, 0) is 63.5 Å². The molecule has 1 aliphatic carbocycles. The fraction of sp³-hybridized carbons (Fsp3) is 0.625. The van der Waals surface area contributed by atoms with Gasteiger partial charge in [0, 0.05) is 35.9 Å². The van der Waals surface area contributed by atoms with Gasteiger partial charge >= 0.3 is 0 Å². The Morgan fingerprint density at radius 3 is 2.30 bits per heavy atom. The molecule has 0 unspecified atom stereocenters. The van der Waals surface area contributed by atoms with E-state index in [0.29, 0.717) is 0 Å². The molecule has 0 N–H and O–H groups in total. The third-order valence-corrected chi connectivity index (χ3v) is 5.04. The first-order chi connectivity index (χ1) is 10.6. The van der Waals surface area contributed by atoms with Crippen molar-refractivity contribution in [2.24, 2.45) is 16.9 Å². The first-order valence-corrected chi connectivity index (χ1v) is 8.43. The van der Waals surface area contributed by atoms with Crippen molar-refractivity contribution in [2.45, 2.75) is 39.5 Å². The Morgan fingerprint density at radius 2 is 1.78 bits per heavy atom. The van der Waals surface area contributed by atoms with E-state index in [-0.39, 0.29) is 17.1 Å². The van der Waals surface area contributed by atoms with Gasteiger partial charge in [-0.3, -0.25) is 0 Å². The Kier molecular flexibility index (Phi) is 6.65. The Bertz CT molecular complexity index is 552. The second-order valence-electron chi connectivity index (χ2n) is 6.44. The van der Waals surface area contributed by atoms with Crippen molar-refractivity contribution in [2.75, 3.05) is 13.1 Å². The number of hydrogen-bond donors (Lipinski definition) is 0. The fourth-order valence-electron chi connectivity index (χ4n) is 3.28. The fourth-order valence-corrected chi connectivity index (χ4v) is 3.49. The van der Waals surface area contributed by atoms with Crippen molar-refractivity contribution < 1.29 is 17.1 Å². The van der Waals surface area contributed by atoms with Gasteiger partial charge in [0.25, 0.3) is 0 Å². The first kappa shape index (κ1) is 18.5. The van der Waals surface area contributed by atoms with E-state index in [0.717, 1.165) is 47.1 Å². The number of aromatic nitrogens is 2. The van der Waals surface area contributed by atoms with Gasteiger partial charge in [-0.25, -0.2) is 4.90 Å². The van der Waals surface area contributed by atoms with Crippen LogP contribution in [0.15, 0.2) is 17.2 Å². The van der Waals surface area contributed by atoms with E-state index in [1.54, 1.807) is 0 Å². The first-order valence-electron chi connectivity index (χ1n) is 7.98. The third-order valence-electron chi connectivity index (χ3n) is 4.66. The van der Waals surface area contributed by atoms with Crippen LogP contribution in [0.2, 0.25) is 0 Å². The summed E-state index contributed by atoms with van der Waals surface area (Å²) in [6, 6.07) is 3.85. The second-order valence-corrected chi connectivity index (χ2v) is 6.84. The Morgan fingerprint density at radius 1 is 1.17 bits per heavy atom. The van der Waals surface area contributed by atoms with Gasteiger partial charge in [0.05, 0.1) is 5.69 Å². The van der Waals surface area contributed by atoms with Crippen molar-refractivity contribution in [1.82, 2.24) is 15.1 Å². The van der Waals surface area contributed by atoms with Crippen molar-refractivity contribution in [1.29, 1.82) is 0 Å². The van der Waals surface area contributed by atoms with Gasteiger partial charge in [0.1, 0.15) is 5.69 Å². The zero-order chi connectivity index (χ0) is 15.5. The number of rotatable bonds is 2. The molecule has 1 aromatic rings. The molecule has 3 aliphatic rings. The number of aryl methyl sites for hydroxylation is 1. The Balaban J connectivity index is 0.00000192. The molecule has 0 radical (unpaired) electrons. The van der Waals surface area contributed by atoms with E-state index in [9.17, 15) is 0 Å². The minimum Gasteiger partial charge on any atom is -0.515 e. The maximum absolute atomic E-state index is 4.57. The van der Waals surface area contributed by atoms with Crippen LogP contribution in [0.5, 0.6) is 0 Å². The van der Waals surface area contributed by atoms with Crippen molar-refractivity contribution >= 4 is 23.0 Å². The molecule has 5 nitrogen and oxygen atoms in total. The molecule has 0 spiro atoms. The molecule has 0 atom stereocenters.